The van der Waals surface area contributed by atoms with Crippen molar-refractivity contribution < 1.29 is 9.53 Å². The molecule has 0 heterocycles. The third-order valence-electron chi connectivity index (χ3n) is 4.31. The molecular weight excluding hydrogens is 242 g/mol. The fraction of sp³-hybridized carbons (Fsp3) is 0.929. The molecule has 0 bridgehead atoms. The molecular formula is C14H29N3O2. The largest absolute Gasteiger partial charge is 0.378 e. The van der Waals surface area contributed by atoms with Gasteiger partial charge in [-0.3, -0.25) is 0 Å². The van der Waals surface area contributed by atoms with Gasteiger partial charge in [0.25, 0.3) is 0 Å². The van der Waals surface area contributed by atoms with Crippen molar-refractivity contribution in [1.29, 1.82) is 0 Å². The highest BCUT2D eigenvalue weighted by Gasteiger charge is 2.50. The first-order valence-electron chi connectivity index (χ1n) is 7.25. The van der Waals surface area contributed by atoms with E-state index in [1.54, 1.807) is 19.0 Å². The number of amides is 2. The lowest BCUT2D eigenvalue weighted by Crippen LogP contribution is -2.62. The van der Waals surface area contributed by atoms with E-state index in [2.05, 4.69) is 24.5 Å². The van der Waals surface area contributed by atoms with Crippen molar-refractivity contribution in [2.24, 2.45) is 5.41 Å². The molecule has 3 atom stereocenters. The van der Waals surface area contributed by atoms with Crippen LogP contribution < -0.4 is 10.6 Å². The molecule has 19 heavy (non-hydrogen) atoms. The molecule has 1 fully saturated rings. The van der Waals surface area contributed by atoms with Gasteiger partial charge in [0, 0.05) is 45.2 Å². The molecule has 2 amide bonds. The molecule has 0 aromatic carbocycles. The third kappa shape index (κ3) is 3.83. The summed E-state index contributed by atoms with van der Waals surface area (Å²) < 4.78 is 5.77. The number of carbonyl (C=O) groups excluding carboxylic acids is 1. The highest BCUT2D eigenvalue weighted by Crippen LogP contribution is 2.45. The second kappa shape index (κ2) is 7.10. The van der Waals surface area contributed by atoms with Crippen LogP contribution in [0, 0.1) is 5.41 Å². The van der Waals surface area contributed by atoms with Crippen molar-refractivity contribution in [1.82, 2.24) is 15.5 Å². The van der Waals surface area contributed by atoms with Gasteiger partial charge < -0.3 is 20.3 Å². The van der Waals surface area contributed by atoms with Crippen molar-refractivity contribution in [3.8, 4) is 0 Å². The molecule has 0 spiro atoms. The molecule has 3 unspecified atom stereocenters. The number of hydrogen-bond acceptors (Lipinski definition) is 3. The zero-order valence-corrected chi connectivity index (χ0v) is 13.0. The van der Waals surface area contributed by atoms with Crippen LogP contribution >= 0.6 is 0 Å². The molecule has 1 saturated carbocycles. The van der Waals surface area contributed by atoms with Crippen LogP contribution in [0.4, 0.5) is 4.79 Å². The van der Waals surface area contributed by atoms with Crippen LogP contribution in [-0.2, 0) is 4.74 Å². The van der Waals surface area contributed by atoms with Gasteiger partial charge >= 0.3 is 6.03 Å². The first-order valence-corrected chi connectivity index (χ1v) is 7.25. The molecule has 1 aliphatic carbocycles. The molecule has 0 aliphatic heterocycles. The van der Waals surface area contributed by atoms with Gasteiger partial charge in [0.15, 0.2) is 0 Å². The molecule has 0 radical (unpaired) electrons. The standard InChI is InChI=1S/C14H29N3O2/c1-6-14(3)11(10-12(14)19-7-2)15-8-9-16-13(18)17(4)5/h11-12,15H,6-10H2,1-5H3,(H,16,18). The molecule has 5 heteroatoms. The van der Waals surface area contributed by atoms with E-state index in [1.807, 2.05) is 6.92 Å². The number of nitrogens with one attached hydrogen (secondary N) is 2. The summed E-state index contributed by atoms with van der Waals surface area (Å²) in [5.74, 6) is 0. The monoisotopic (exact) mass is 271 g/mol. The van der Waals surface area contributed by atoms with Crippen LogP contribution in [0.1, 0.15) is 33.6 Å². The Balaban J connectivity index is 2.25. The van der Waals surface area contributed by atoms with E-state index < -0.39 is 0 Å². The average Bonchev–Trinajstić information content (AvgIpc) is 2.39. The first-order chi connectivity index (χ1) is 8.95. The fourth-order valence-electron chi connectivity index (χ4n) is 2.64. The Kier molecular flexibility index (Phi) is 6.07. The number of ether oxygens (including phenoxy) is 1. The molecule has 1 aliphatic rings. The van der Waals surface area contributed by atoms with Crippen molar-refractivity contribution >= 4 is 6.03 Å². The van der Waals surface area contributed by atoms with Crippen molar-refractivity contribution in [2.75, 3.05) is 33.8 Å². The second-order valence-corrected chi connectivity index (χ2v) is 5.67. The summed E-state index contributed by atoms with van der Waals surface area (Å²) in [5.41, 5.74) is 0.224. The molecule has 0 saturated heterocycles. The maximum absolute atomic E-state index is 11.4. The van der Waals surface area contributed by atoms with E-state index in [-0.39, 0.29) is 11.4 Å². The van der Waals surface area contributed by atoms with Crippen LogP contribution in [0.25, 0.3) is 0 Å². The lowest BCUT2D eigenvalue weighted by atomic mass is 9.61. The van der Waals surface area contributed by atoms with Crippen molar-refractivity contribution in [2.45, 2.75) is 45.8 Å². The van der Waals surface area contributed by atoms with Gasteiger partial charge in [0.2, 0.25) is 0 Å². The minimum Gasteiger partial charge on any atom is -0.378 e. The second-order valence-electron chi connectivity index (χ2n) is 5.67. The van der Waals surface area contributed by atoms with E-state index in [9.17, 15) is 4.79 Å². The molecule has 0 aromatic rings. The van der Waals surface area contributed by atoms with Gasteiger partial charge in [-0.05, 0) is 19.8 Å². The van der Waals surface area contributed by atoms with Gasteiger partial charge in [0.1, 0.15) is 0 Å². The highest BCUT2D eigenvalue weighted by atomic mass is 16.5. The molecule has 112 valence electrons. The number of rotatable bonds is 7. The number of hydrogen-bond donors (Lipinski definition) is 2. The average molecular weight is 271 g/mol. The van der Waals surface area contributed by atoms with E-state index in [4.69, 9.17) is 4.74 Å². The summed E-state index contributed by atoms with van der Waals surface area (Å²) in [4.78, 5) is 12.9. The maximum atomic E-state index is 11.4. The number of nitrogens with zero attached hydrogens (tertiary/aromatic N) is 1. The minimum atomic E-state index is -0.0409. The smallest absolute Gasteiger partial charge is 0.316 e. The van der Waals surface area contributed by atoms with E-state index >= 15 is 0 Å². The molecule has 2 N–H and O–H groups in total. The first kappa shape index (κ1) is 16.2. The molecule has 1 rings (SSSR count). The zero-order valence-electron chi connectivity index (χ0n) is 13.0. The summed E-state index contributed by atoms with van der Waals surface area (Å²) in [6, 6.07) is 0.450. The molecule has 0 aromatic heterocycles. The van der Waals surface area contributed by atoms with E-state index in [1.165, 1.54) is 0 Å². The Morgan fingerprint density at radius 3 is 2.58 bits per heavy atom. The maximum Gasteiger partial charge on any atom is 0.316 e. The normalized spacial score (nSPS) is 29.7. The highest BCUT2D eigenvalue weighted by molar-refractivity contribution is 5.73. The third-order valence-corrected chi connectivity index (χ3v) is 4.31. The Labute approximate surface area is 117 Å². The van der Waals surface area contributed by atoms with Gasteiger partial charge in [0.05, 0.1) is 6.10 Å². The van der Waals surface area contributed by atoms with Gasteiger partial charge in [-0.1, -0.05) is 13.8 Å². The Morgan fingerprint density at radius 1 is 1.37 bits per heavy atom. The van der Waals surface area contributed by atoms with Gasteiger partial charge in [-0.15, -0.1) is 0 Å². The summed E-state index contributed by atoms with van der Waals surface area (Å²) in [6.45, 7) is 8.80. The van der Waals surface area contributed by atoms with Crippen LogP contribution in [-0.4, -0.2) is 56.9 Å². The lowest BCUT2D eigenvalue weighted by molar-refractivity contribution is -0.125. The van der Waals surface area contributed by atoms with Crippen molar-refractivity contribution in [3.63, 3.8) is 0 Å². The topological polar surface area (TPSA) is 53.6 Å². The quantitative estimate of drug-likeness (QED) is 0.689. The van der Waals surface area contributed by atoms with Gasteiger partial charge in [-0.25, -0.2) is 4.79 Å². The summed E-state index contributed by atoms with van der Waals surface area (Å²) in [7, 11) is 3.49. The van der Waals surface area contributed by atoms with Crippen LogP contribution in [0.5, 0.6) is 0 Å². The SMILES string of the molecule is CCOC1CC(NCCNC(=O)N(C)C)C1(C)CC. The summed E-state index contributed by atoms with van der Waals surface area (Å²) in [5, 5.41) is 6.39. The molecule has 5 nitrogen and oxygen atoms in total. The summed E-state index contributed by atoms with van der Waals surface area (Å²) in [6.07, 6.45) is 2.55. The van der Waals surface area contributed by atoms with E-state index in [0.717, 1.165) is 26.0 Å². The number of urea groups is 1. The lowest BCUT2D eigenvalue weighted by Gasteiger charge is -2.53. The zero-order chi connectivity index (χ0) is 14.5. The fourth-order valence-corrected chi connectivity index (χ4v) is 2.64. The van der Waals surface area contributed by atoms with Gasteiger partial charge in [-0.2, -0.15) is 0 Å². The van der Waals surface area contributed by atoms with Crippen LogP contribution in [0.2, 0.25) is 0 Å². The predicted molar refractivity (Wildman–Crippen MR) is 77.3 cm³/mol. The summed E-state index contributed by atoms with van der Waals surface area (Å²) >= 11 is 0. The minimum absolute atomic E-state index is 0.0409. The Hall–Kier alpha value is -0.810. The van der Waals surface area contributed by atoms with Crippen molar-refractivity contribution in [3.05, 3.63) is 0 Å². The number of carbonyl (C=O) groups is 1. The van der Waals surface area contributed by atoms with Crippen LogP contribution in [0.3, 0.4) is 0 Å². The Morgan fingerprint density at radius 2 is 2.05 bits per heavy atom. The van der Waals surface area contributed by atoms with Crippen LogP contribution in [0.15, 0.2) is 0 Å². The predicted octanol–water partition coefficient (Wildman–Crippen LogP) is 1.44. The van der Waals surface area contributed by atoms with E-state index in [0.29, 0.717) is 18.7 Å². The Bertz CT molecular complexity index is 296.